The number of nitrogens with zero attached hydrogens (tertiary/aromatic N) is 2. The van der Waals surface area contributed by atoms with Gasteiger partial charge in [0.15, 0.2) is 0 Å². The Labute approximate surface area is 165 Å². The van der Waals surface area contributed by atoms with Crippen LogP contribution in [-0.2, 0) is 0 Å². The van der Waals surface area contributed by atoms with Crippen molar-refractivity contribution in [2.24, 2.45) is 0 Å². The molecule has 1 N–H and O–H groups in total. The third-order valence-electron chi connectivity index (χ3n) is 5.25. The van der Waals surface area contributed by atoms with Crippen LogP contribution in [-0.4, -0.2) is 61.6 Å². The molecule has 5 nitrogen and oxygen atoms in total. The maximum atomic E-state index is 12.8. The minimum atomic E-state index is -0.0600. The van der Waals surface area contributed by atoms with Crippen molar-refractivity contribution in [3.63, 3.8) is 0 Å². The first-order chi connectivity index (χ1) is 13.1. The second kappa shape index (κ2) is 9.35. The minimum Gasteiger partial charge on any atom is -0.497 e. The summed E-state index contributed by atoms with van der Waals surface area (Å²) in [7, 11) is 1.61. The molecule has 0 bridgehead atoms. The number of likely N-dealkylation sites (N-methyl/N-ethyl adjacent to an activating group) is 1. The fraction of sp³-hybridized carbons (Fsp3) is 0.476. The van der Waals surface area contributed by atoms with E-state index in [2.05, 4.69) is 46.5 Å². The maximum absolute atomic E-state index is 12.8. The van der Waals surface area contributed by atoms with Crippen LogP contribution in [0.5, 0.6) is 5.75 Å². The van der Waals surface area contributed by atoms with E-state index in [4.69, 9.17) is 4.74 Å². The number of hydrogen-bond donors (Lipinski definition) is 1. The van der Waals surface area contributed by atoms with Crippen molar-refractivity contribution in [3.05, 3.63) is 52.2 Å². The number of amides is 1. The monoisotopic (exact) mass is 387 g/mol. The summed E-state index contributed by atoms with van der Waals surface area (Å²) in [5.74, 6) is 0.635. The number of rotatable bonds is 7. The maximum Gasteiger partial charge on any atom is 0.251 e. The van der Waals surface area contributed by atoms with Crippen LogP contribution in [0.2, 0.25) is 0 Å². The number of methoxy groups -OCH3 is 1. The summed E-state index contributed by atoms with van der Waals surface area (Å²) in [5.41, 5.74) is 0.627. The lowest BCUT2D eigenvalue weighted by Gasteiger charge is -2.41. The molecule has 146 valence electrons. The number of thiophene rings is 1. The Morgan fingerprint density at radius 3 is 2.63 bits per heavy atom. The van der Waals surface area contributed by atoms with Gasteiger partial charge in [-0.25, -0.2) is 0 Å². The molecule has 0 unspecified atom stereocenters. The van der Waals surface area contributed by atoms with E-state index >= 15 is 0 Å². The van der Waals surface area contributed by atoms with Crippen molar-refractivity contribution < 1.29 is 9.53 Å². The molecule has 0 aliphatic carbocycles. The number of nitrogens with one attached hydrogen (secondary N) is 1. The Morgan fingerprint density at radius 1 is 1.22 bits per heavy atom. The van der Waals surface area contributed by atoms with E-state index in [0.29, 0.717) is 11.3 Å². The number of hydrogen-bond acceptors (Lipinski definition) is 5. The van der Waals surface area contributed by atoms with Gasteiger partial charge in [-0.1, -0.05) is 19.1 Å². The van der Waals surface area contributed by atoms with Crippen LogP contribution in [0.15, 0.2) is 41.8 Å². The average Bonchev–Trinajstić information content (AvgIpc) is 3.23. The zero-order valence-electron chi connectivity index (χ0n) is 16.4. The van der Waals surface area contributed by atoms with Gasteiger partial charge in [0.25, 0.3) is 5.91 Å². The first kappa shape index (κ1) is 19.9. The zero-order valence-corrected chi connectivity index (χ0v) is 17.2. The molecule has 1 aliphatic rings. The first-order valence-corrected chi connectivity index (χ1v) is 10.4. The summed E-state index contributed by atoms with van der Waals surface area (Å²) in [6.07, 6.45) is 0. The molecule has 1 saturated heterocycles. The van der Waals surface area contributed by atoms with Crippen LogP contribution < -0.4 is 10.1 Å². The van der Waals surface area contributed by atoms with Crippen LogP contribution in [0.4, 0.5) is 0 Å². The van der Waals surface area contributed by atoms with Crippen molar-refractivity contribution in [2.75, 3.05) is 39.8 Å². The van der Waals surface area contributed by atoms with Gasteiger partial charge in [0.05, 0.1) is 13.2 Å². The molecule has 2 aromatic rings. The van der Waals surface area contributed by atoms with Crippen LogP contribution in [0.1, 0.15) is 35.1 Å². The standard InChI is InChI=1S/C21H29N3O2S/c1-4-23-10-12-24(13-11-23)20(19-9-6-14-27-19)16(2)22-21(25)17-7-5-8-18(15-17)26-3/h5-9,14-16,20H,4,10-13H2,1-3H3,(H,22,25)/t16-,20+/m1/s1. The third kappa shape index (κ3) is 4.89. The van der Waals surface area contributed by atoms with E-state index in [0.717, 1.165) is 32.7 Å². The lowest BCUT2D eigenvalue weighted by atomic mass is 10.0. The van der Waals surface area contributed by atoms with E-state index in [1.54, 1.807) is 24.5 Å². The summed E-state index contributed by atoms with van der Waals surface area (Å²) in [4.78, 5) is 19.1. The van der Waals surface area contributed by atoms with Crippen LogP contribution in [0.25, 0.3) is 0 Å². The van der Waals surface area contributed by atoms with E-state index in [1.165, 1.54) is 4.88 Å². The van der Waals surface area contributed by atoms with Gasteiger partial charge < -0.3 is 15.0 Å². The molecule has 0 saturated carbocycles. The van der Waals surface area contributed by atoms with Gasteiger partial charge in [-0.05, 0) is 43.1 Å². The summed E-state index contributed by atoms with van der Waals surface area (Å²) in [6.45, 7) is 9.62. The lowest BCUT2D eigenvalue weighted by Crippen LogP contribution is -2.52. The van der Waals surface area contributed by atoms with Gasteiger partial charge in [0, 0.05) is 42.7 Å². The summed E-state index contributed by atoms with van der Waals surface area (Å²) in [6, 6.07) is 11.8. The molecule has 1 fully saturated rings. The normalized spacial score (nSPS) is 18.0. The largest absolute Gasteiger partial charge is 0.497 e. The molecular formula is C21H29N3O2S. The van der Waals surface area contributed by atoms with Crippen molar-refractivity contribution in [3.8, 4) is 5.75 Å². The van der Waals surface area contributed by atoms with Crippen molar-refractivity contribution in [1.82, 2.24) is 15.1 Å². The van der Waals surface area contributed by atoms with Crippen LogP contribution >= 0.6 is 11.3 Å². The highest BCUT2D eigenvalue weighted by atomic mass is 32.1. The number of carbonyl (C=O) groups excluding carboxylic acids is 1. The molecule has 0 spiro atoms. The van der Waals surface area contributed by atoms with Gasteiger partial charge in [-0.3, -0.25) is 9.69 Å². The first-order valence-electron chi connectivity index (χ1n) is 9.57. The van der Waals surface area contributed by atoms with Gasteiger partial charge in [-0.15, -0.1) is 11.3 Å². The zero-order chi connectivity index (χ0) is 19.2. The molecule has 1 amide bonds. The summed E-state index contributed by atoms with van der Waals surface area (Å²) in [5, 5.41) is 5.33. The molecule has 27 heavy (non-hydrogen) atoms. The summed E-state index contributed by atoms with van der Waals surface area (Å²) < 4.78 is 5.24. The number of ether oxygens (including phenoxy) is 1. The van der Waals surface area contributed by atoms with Crippen molar-refractivity contribution in [1.29, 1.82) is 0 Å². The Hall–Kier alpha value is -1.89. The molecule has 1 aromatic heterocycles. The Morgan fingerprint density at radius 2 is 2.00 bits per heavy atom. The average molecular weight is 388 g/mol. The quantitative estimate of drug-likeness (QED) is 0.792. The van der Waals surface area contributed by atoms with E-state index in [9.17, 15) is 4.79 Å². The summed E-state index contributed by atoms with van der Waals surface area (Å²) >= 11 is 1.76. The molecule has 0 radical (unpaired) electrons. The Bertz CT molecular complexity index is 727. The molecule has 6 heteroatoms. The van der Waals surface area contributed by atoms with Gasteiger partial charge in [0.1, 0.15) is 5.75 Å². The number of carbonyl (C=O) groups is 1. The third-order valence-corrected chi connectivity index (χ3v) is 6.19. The molecule has 2 heterocycles. The Balaban J connectivity index is 1.73. The minimum absolute atomic E-state index is 0.00975. The predicted octanol–water partition coefficient (Wildman–Crippen LogP) is 3.25. The highest BCUT2D eigenvalue weighted by molar-refractivity contribution is 7.10. The number of benzene rings is 1. The molecule has 3 rings (SSSR count). The molecule has 2 atom stereocenters. The van der Waals surface area contributed by atoms with Crippen LogP contribution in [0, 0.1) is 0 Å². The molecule has 1 aromatic carbocycles. The smallest absolute Gasteiger partial charge is 0.251 e. The lowest BCUT2D eigenvalue weighted by molar-refractivity contribution is 0.0753. The van der Waals surface area contributed by atoms with E-state index in [-0.39, 0.29) is 18.0 Å². The second-order valence-electron chi connectivity index (χ2n) is 6.92. The van der Waals surface area contributed by atoms with E-state index in [1.807, 2.05) is 18.2 Å². The van der Waals surface area contributed by atoms with E-state index < -0.39 is 0 Å². The molecule has 1 aliphatic heterocycles. The second-order valence-corrected chi connectivity index (χ2v) is 7.90. The number of piperazine rings is 1. The van der Waals surface area contributed by atoms with Crippen molar-refractivity contribution >= 4 is 17.2 Å². The predicted molar refractivity (Wildman–Crippen MR) is 111 cm³/mol. The van der Waals surface area contributed by atoms with Gasteiger partial charge >= 0.3 is 0 Å². The fourth-order valence-corrected chi connectivity index (χ4v) is 4.66. The molecular weight excluding hydrogens is 358 g/mol. The van der Waals surface area contributed by atoms with Crippen molar-refractivity contribution in [2.45, 2.75) is 25.9 Å². The fourth-order valence-electron chi connectivity index (χ4n) is 3.69. The highest BCUT2D eigenvalue weighted by Gasteiger charge is 2.30. The van der Waals surface area contributed by atoms with Gasteiger partial charge in [-0.2, -0.15) is 0 Å². The Kier molecular flexibility index (Phi) is 6.88. The van der Waals surface area contributed by atoms with Gasteiger partial charge in [0.2, 0.25) is 0 Å². The van der Waals surface area contributed by atoms with Crippen LogP contribution in [0.3, 0.4) is 0 Å². The SMILES string of the molecule is CCN1CCN([C@H](c2cccs2)[C@@H](C)NC(=O)c2cccc(OC)c2)CC1. The highest BCUT2D eigenvalue weighted by Crippen LogP contribution is 2.29. The topological polar surface area (TPSA) is 44.8 Å².